The van der Waals surface area contributed by atoms with E-state index in [4.69, 9.17) is 4.74 Å². The number of ketones is 1. The Kier molecular flexibility index (Phi) is 3.75. The van der Waals surface area contributed by atoms with E-state index in [2.05, 4.69) is 0 Å². The zero-order valence-electron chi connectivity index (χ0n) is 12.0. The van der Waals surface area contributed by atoms with Gasteiger partial charge in [-0.05, 0) is 54.8 Å². The summed E-state index contributed by atoms with van der Waals surface area (Å²) in [6, 6.07) is 8.65. The van der Waals surface area contributed by atoms with Gasteiger partial charge in [0.15, 0.2) is 5.78 Å². The van der Waals surface area contributed by atoms with Gasteiger partial charge in [-0.25, -0.2) is 8.78 Å². The van der Waals surface area contributed by atoms with Gasteiger partial charge in [0.2, 0.25) is 0 Å². The molecule has 2 nitrogen and oxygen atoms in total. The van der Waals surface area contributed by atoms with Crippen molar-refractivity contribution in [3.05, 3.63) is 70.3 Å². The van der Waals surface area contributed by atoms with Gasteiger partial charge in [-0.2, -0.15) is 0 Å². The molecular weight excluding hydrogens is 286 g/mol. The van der Waals surface area contributed by atoms with Gasteiger partial charge < -0.3 is 4.74 Å². The second kappa shape index (κ2) is 5.72. The summed E-state index contributed by atoms with van der Waals surface area (Å²) < 4.78 is 31.8. The lowest BCUT2D eigenvalue weighted by molar-refractivity contribution is 0.102. The van der Waals surface area contributed by atoms with Crippen LogP contribution in [0.3, 0.4) is 0 Å². The molecule has 0 radical (unpaired) electrons. The molecule has 3 rings (SSSR count). The van der Waals surface area contributed by atoms with Crippen LogP contribution in [-0.4, -0.2) is 12.9 Å². The monoisotopic (exact) mass is 300 g/mol. The van der Waals surface area contributed by atoms with E-state index < -0.39 is 11.6 Å². The highest BCUT2D eigenvalue weighted by atomic mass is 19.1. The van der Waals surface area contributed by atoms with Crippen LogP contribution in [0.25, 0.3) is 6.08 Å². The molecule has 0 spiro atoms. The second-order valence-corrected chi connectivity index (χ2v) is 5.19. The minimum atomic E-state index is -0.666. The van der Waals surface area contributed by atoms with Crippen LogP contribution in [0.4, 0.5) is 8.78 Å². The Bertz CT molecular complexity index is 779. The third kappa shape index (κ3) is 2.64. The Morgan fingerprint density at radius 3 is 2.64 bits per heavy atom. The maximum absolute atomic E-state index is 13.7. The molecule has 112 valence electrons. The van der Waals surface area contributed by atoms with E-state index in [0.717, 1.165) is 11.6 Å². The lowest BCUT2D eigenvalue weighted by atomic mass is 9.86. The van der Waals surface area contributed by atoms with E-state index in [1.807, 2.05) is 6.07 Å². The molecule has 0 atom stereocenters. The number of benzene rings is 2. The van der Waals surface area contributed by atoms with Crippen LogP contribution < -0.4 is 4.74 Å². The van der Waals surface area contributed by atoms with Gasteiger partial charge in [0.25, 0.3) is 0 Å². The molecule has 22 heavy (non-hydrogen) atoms. The fourth-order valence-corrected chi connectivity index (χ4v) is 2.63. The number of fused-ring (bicyclic) bond motifs is 1. The van der Waals surface area contributed by atoms with E-state index in [1.54, 1.807) is 19.2 Å². The molecule has 0 fully saturated rings. The second-order valence-electron chi connectivity index (χ2n) is 5.19. The summed E-state index contributed by atoms with van der Waals surface area (Å²) in [6.45, 7) is 0. The number of hydrogen-bond acceptors (Lipinski definition) is 2. The molecule has 0 bridgehead atoms. The zero-order valence-corrected chi connectivity index (χ0v) is 12.0. The molecular formula is C18H14F2O2. The number of halogens is 2. The third-order valence-electron chi connectivity index (χ3n) is 3.80. The first-order valence-electron chi connectivity index (χ1n) is 6.95. The topological polar surface area (TPSA) is 26.3 Å². The van der Waals surface area contributed by atoms with Gasteiger partial charge in [-0.3, -0.25) is 4.79 Å². The van der Waals surface area contributed by atoms with Crippen molar-refractivity contribution in [2.75, 3.05) is 7.11 Å². The SMILES string of the molecule is COc1ccc2c(c1)CC/C(=C/c1ccc(F)cc1F)C2=O. The maximum atomic E-state index is 13.7. The summed E-state index contributed by atoms with van der Waals surface area (Å²) in [5.74, 6) is -0.705. The molecule has 2 aromatic carbocycles. The van der Waals surface area contributed by atoms with E-state index >= 15 is 0 Å². The fourth-order valence-electron chi connectivity index (χ4n) is 2.63. The summed E-state index contributed by atoms with van der Waals surface area (Å²) in [4.78, 5) is 12.5. The highest BCUT2D eigenvalue weighted by Gasteiger charge is 2.22. The lowest BCUT2D eigenvalue weighted by Gasteiger charge is -2.18. The van der Waals surface area contributed by atoms with Crippen molar-refractivity contribution in [1.82, 2.24) is 0 Å². The number of Topliss-reactive ketones (excluding diaryl/α,β-unsaturated/α-hetero) is 1. The molecule has 2 aromatic rings. The van der Waals surface area contributed by atoms with Gasteiger partial charge >= 0.3 is 0 Å². The van der Waals surface area contributed by atoms with Gasteiger partial charge in [-0.15, -0.1) is 0 Å². The smallest absolute Gasteiger partial charge is 0.189 e. The molecule has 1 aliphatic rings. The Hall–Kier alpha value is -2.49. The molecule has 0 saturated carbocycles. The Labute approximate surface area is 127 Å². The number of carbonyl (C=O) groups is 1. The quantitative estimate of drug-likeness (QED) is 0.778. The van der Waals surface area contributed by atoms with Crippen molar-refractivity contribution in [2.45, 2.75) is 12.8 Å². The molecule has 0 heterocycles. The number of methoxy groups -OCH3 is 1. The van der Waals surface area contributed by atoms with E-state index in [-0.39, 0.29) is 11.3 Å². The summed E-state index contributed by atoms with van der Waals surface area (Å²) in [6.07, 6.45) is 2.72. The number of rotatable bonds is 2. The molecule has 0 unspecified atom stereocenters. The highest BCUT2D eigenvalue weighted by molar-refractivity contribution is 6.13. The largest absolute Gasteiger partial charge is 0.497 e. The predicted octanol–water partition coefficient (Wildman–Crippen LogP) is 4.19. The van der Waals surface area contributed by atoms with Crippen LogP contribution in [0.15, 0.2) is 42.0 Å². The summed E-state index contributed by atoms with van der Waals surface area (Å²) in [5, 5.41) is 0. The first-order chi connectivity index (χ1) is 10.6. The van der Waals surface area contributed by atoms with Crippen molar-refractivity contribution in [2.24, 2.45) is 0 Å². The van der Waals surface area contributed by atoms with Crippen LogP contribution in [0, 0.1) is 11.6 Å². The van der Waals surface area contributed by atoms with Gasteiger partial charge in [0, 0.05) is 22.8 Å². The molecule has 0 amide bonds. The van der Waals surface area contributed by atoms with Crippen LogP contribution in [-0.2, 0) is 6.42 Å². The molecule has 0 aromatic heterocycles. The van der Waals surface area contributed by atoms with E-state index in [0.29, 0.717) is 29.7 Å². The average molecular weight is 300 g/mol. The minimum Gasteiger partial charge on any atom is -0.497 e. The first-order valence-corrected chi connectivity index (χ1v) is 6.95. The summed E-state index contributed by atoms with van der Waals surface area (Å²) in [5.41, 5.74) is 2.30. The highest BCUT2D eigenvalue weighted by Crippen LogP contribution is 2.29. The van der Waals surface area contributed by atoms with Crippen molar-refractivity contribution in [1.29, 1.82) is 0 Å². The maximum Gasteiger partial charge on any atom is 0.189 e. The van der Waals surface area contributed by atoms with Crippen LogP contribution in [0.1, 0.15) is 27.9 Å². The van der Waals surface area contributed by atoms with E-state index in [9.17, 15) is 13.6 Å². The summed E-state index contributed by atoms with van der Waals surface area (Å²) in [7, 11) is 1.58. The van der Waals surface area contributed by atoms with Crippen molar-refractivity contribution in [3.8, 4) is 5.75 Å². The standard InChI is InChI=1S/C18H14F2O2/c1-22-15-6-7-16-11(9-15)2-3-13(18(16)21)8-12-4-5-14(19)10-17(12)20/h4-10H,2-3H2,1H3/b13-8-. The van der Waals surface area contributed by atoms with Crippen LogP contribution >= 0.6 is 0 Å². The zero-order chi connectivity index (χ0) is 15.7. The van der Waals surface area contributed by atoms with Crippen LogP contribution in [0.5, 0.6) is 5.75 Å². The van der Waals surface area contributed by atoms with Crippen LogP contribution in [0.2, 0.25) is 0 Å². The molecule has 0 N–H and O–H groups in total. The van der Waals surface area contributed by atoms with Gasteiger partial charge in [0.1, 0.15) is 17.4 Å². The lowest BCUT2D eigenvalue weighted by Crippen LogP contribution is -2.14. The Morgan fingerprint density at radius 1 is 1.09 bits per heavy atom. The van der Waals surface area contributed by atoms with Crippen molar-refractivity contribution >= 4 is 11.9 Å². The first kappa shape index (κ1) is 14.4. The normalized spacial score (nSPS) is 15.8. The number of allylic oxidation sites excluding steroid dienone is 1. The van der Waals surface area contributed by atoms with Crippen molar-refractivity contribution < 1.29 is 18.3 Å². The minimum absolute atomic E-state index is 0.118. The van der Waals surface area contributed by atoms with Crippen molar-refractivity contribution in [3.63, 3.8) is 0 Å². The number of hydrogen-bond donors (Lipinski definition) is 0. The number of ether oxygens (including phenoxy) is 1. The third-order valence-corrected chi connectivity index (χ3v) is 3.80. The fraction of sp³-hybridized carbons (Fsp3) is 0.167. The predicted molar refractivity (Wildman–Crippen MR) is 80.0 cm³/mol. The molecule has 0 saturated heterocycles. The summed E-state index contributed by atoms with van der Waals surface area (Å²) >= 11 is 0. The average Bonchev–Trinajstić information content (AvgIpc) is 2.52. The van der Waals surface area contributed by atoms with Gasteiger partial charge in [-0.1, -0.05) is 0 Å². The number of aryl methyl sites for hydroxylation is 1. The Morgan fingerprint density at radius 2 is 1.91 bits per heavy atom. The Balaban J connectivity index is 1.97. The van der Waals surface area contributed by atoms with E-state index in [1.165, 1.54) is 18.2 Å². The molecule has 0 aliphatic heterocycles. The molecule has 1 aliphatic carbocycles. The van der Waals surface area contributed by atoms with Gasteiger partial charge in [0.05, 0.1) is 7.11 Å². The number of carbonyl (C=O) groups excluding carboxylic acids is 1. The molecule has 4 heteroatoms.